The van der Waals surface area contributed by atoms with Crippen LogP contribution in [0.2, 0.25) is 0 Å². The number of anilines is 1. The van der Waals surface area contributed by atoms with Crippen LogP contribution in [0.15, 0.2) is 30.3 Å². The molecule has 26 heavy (non-hydrogen) atoms. The van der Waals surface area contributed by atoms with Crippen LogP contribution in [0.5, 0.6) is 0 Å². The molecule has 2 heterocycles. The largest absolute Gasteiger partial charge is 0.371 e. The van der Waals surface area contributed by atoms with Gasteiger partial charge in [-0.1, -0.05) is 18.2 Å². The van der Waals surface area contributed by atoms with Crippen LogP contribution in [-0.2, 0) is 9.59 Å². The fourth-order valence-electron chi connectivity index (χ4n) is 3.56. The van der Waals surface area contributed by atoms with E-state index in [1.807, 2.05) is 18.2 Å². The molecule has 2 fully saturated rings. The van der Waals surface area contributed by atoms with Gasteiger partial charge in [-0.05, 0) is 38.3 Å². The Morgan fingerprint density at radius 3 is 2.58 bits per heavy atom. The molecule has 4 amide bonds. The number of nitrogens with zero attached hydrogens (tertiary/aromatic N) is 3. The third kappa shape index (κ3) is 3.66. The van der Waals surface area contributed by atoms with Crippen LogP contribution in [-0.4, -0.2) is 66.4 Å². The maximum atomic E-state index is 12.5. The lowest BCUT2D eigenvalue weighted by Crippen LogP contribution is -2.44. The standard InChI is InChI=1S/C19H26N4O3/c1-19(2)17(25)23(18(26)20-19)13-16(24)21(3)11-14-9-10-22(12-14)15-7-5-4-6-8-15/h4-8,14H,9-13H2,1-3H3,(H,20,26). The molecule has 140 valence electrons. The summed E-state index contributed by atoms with van der Waals surface area (Å²) in [5.74, 6) is -0.201. The van der Waals surface area contributed by atoms with Crippen LogP contribution >= 0.6 is 0 Å². The van der Waals surface area contributed by atoms with Crippen molar-refractivity contribution in [2.75, 3.05) is 38.1 Å². The maximum Gasteiger partial charge on any atom is 0.325 e. The number of benzene rings is 1. The molecule has 7 heteroatoms. The molecule has 0 saturated carbocycles. The zero-order chi connectivity index (χ0) is 18.9. The lowest BCUT2D eigenvalue weighted by Gasteiger charge is -2.24. The van der Waals surface area contributed by atoms with E-state index in [2.05, 4.69) is 22.3 Å². The fraction of sp³-hybridized carbons (Fsp3) is 0.526. The lowest BCUT2D eigenvalue weighted by atomic mass is 10.1. The number of carbonyl (C=O) groups excluding carboxylic acids is 3. The van der Waals surface area contributed by atoms with Gasteiger partial charge in [-0.15, -0.1) is 0 Å². The van der Waals surface area contributed by atoms with Crippen LogP contribution in [0.25, 0.3) is 0 Å². The van der Waals surface area contributed by atoms with Crippen molar-refractivity contribution in [1.29, 1.82) is 0 Å². The van der Waals surface area contributed by atoms with Gasteiger partial charge in [0.25, 0.3) is 5.91 Å². The molecule has 3 rings (SSSR count). The lowest BCUT2D eigenvalue weighted by molar-refractivity contribution is -0.138. The van der Waals surface area contributed by atoms with Crippen LogP contribution in [0, 0.1) is 5.92 Å². The molecule has 1 aromatic carbocycles. The molecule has 2 saturated heterocycles. The Morgan fingerprint density at radius 1 is 1.27 bits per heavy atom. The van der Waals surface area contributed by atoms with Crippen molar-refractivity contribution in [2.24, 2.45) is 5.92 Å². The van der Waals surface area contributed by atoms with Gasteiger partial charge in [-0.25, -0.2) is 4.79 Å². The van der Waals surface area contributed by atoms with Gasteiger partial charge in [0, 0.05) is 32.4 Å². The van der Waals surface area contributed by atoms with Crippen molar-refractivity contribution in [2.45, 2.75) is 25.8 Å². The molecule has 1 unspecified atom stereocenters. The number of nitrogens with one attached hydrogen (secondary N) is 1. The summed E-state index contributed by atoms with van der Waals surface area (Å²) in [5.41, 5.74) is 0.253. The van der Waals surface area contributed by atoms with E-state index in [0.29, 0.717) is 12.5 Å². The second-order valence-corrected chi connectivity index (χ2v) is 7.66. The van der Waals surface area contributed by atoms with Gasteiger partial charge in [-0.3, -0.25) is 14.5 Å². The number of likely N-dealkylation sites (N-methyl/N-ethyl adjacent to an activating group) is 1. The van der Waals surface area contributed by atoms with Crippen LogP contribution in [0.4, 0.5) is 10.5 Å². The van der Waals surface area contributed by atoms with Crippen molar-refractivity contribution < 1.29 is 14.4 Å². The molecule has 0 spiro atoms. The van der Waals surface area contributed by atoms with Gasteiger partial charge >= 0.3 is 6.03 Å². The molecule has 1 N–H and O–H groups in total. The quantitative estimate of drug-likeness (QED) is 0.806. The van der Waals surface area contributed by atoms with Crippen LogP contribution in [0.3, 0.4) is 0 Å². The average molecular weight is 358 g/mol. The minimum absolute atomic E-state index is 0.209. The third-order valence-electron chi connectivity index (χ3n) is 5.10. The van der Waals surface area contributed by atoms with Crippen LogP contribution < -0.4 is 10.2 Å². The predicted octanol–water partition coefficient (Wildman–Crippen LogP) is 1.30. The first kappa shape index (κ1) is 18.2. The van der Waals surface area contributed by atoms with Crippen molar-refractivity contribution in [3.63, 3.8) is 0 Å². The van der Waals surface area contributed by atoms with Gasteiger partial charge in [0.1, 0.15) is 12.1 Å². The smallest absolute Gasteiger partial charge is 0.325 e. The summed E-state index contributed by atoms with van der Waals surface area (Å²) in [6.45, 7) is 5.56. The molecule has 1 aromatic rings. The van der Waals surface area contributed by atoms with E-state index in [1.165, 1.54) is 5.69 Å². The molecule has 1 atom stereocenters. The number of urea groups is 1. The molecular weight excluding hydrogens is 332 g/mol. The third-order valence-corrected chi connectivity index (χ3v) is 5.10. The minimum Gasteiger partial charge on any atom is -0.371 e. The molecule has 2 aliphatic heterocycles. The first-order valence-electron chi connectivity index (χ1n) is 8.96. The Morgan fingerprint density at radius 2 is 1.96 bits per heavy atom. The van der Waals surface area contributed by atoms with Crippen molar-refractivity contribution in [3.05, 3.63) is 30.3 Å². The highest BCUT2D eigenvalue weighted by molar-refractivity contribution is 6.08. The summed E-state index contributed by atoms with van der Waals surface area (Å²) in [6.07, 6.45) is 1.02. The Labute approximate surface area is 153 Å². The highest BCUT2D eigenvalue weighted by Crippen LogP contribution is 2.24. The molecule has 0 bridgehead atoms. The number of amides is 4. The predicted molar refractivity (Wildman–Crippen MR) is 98.7 cm³/mol. The minimum atomic E-state index is -0.947. The van der Waals surface area contributed by atoms with Crippen LogP contribution in [0.1, 0.15) is 20.3 Å². The van der Waals surface area contributed by atoms with E-state index in [0.717, 1.165) is 24.4 Å². The van der Waals surface area contributed by atoms with E-state index in [4.69, 9.17) is 0 Å². The van der Waals surface area contributed by atoms with E-state index in [1.54, 1.807) is 25.8 Å². The Kier molecular flexibility index (Phi) is 4.89. The molecule has 0 radical (unpaired) electrons. The van der Waals surface area contributed by atoms with Gasteiger partial charge in [0.05, 0.1) is 0 Å². The Hall–Kier alpha value is -2.57. The fourth-order valence-corrected chi connectivity index (χ4v) is 3.56. The Balaban J connectivity index is 1.52. The highest BCUT2D eigenvalue weighted by Gasteiger charge is 2.45. The van der Waals surface area contributed by atoms with Gasteiger partial charge in [0.15, 0.2) is 0 Å². The second-order valence-electron chi connectivity index (χ2n) is 7.66. The summed E-state index contributed by atoms with van der Waals surface area (Å²) in [6, 6.07) is 9.74. The van der Waals surface area contributed by atoms with Crippen molar-refractivity contribution in [3.8, 4) is 0 Å². The number of hydrogen-bond acceptors (Lipinski definition) is 4. The molecule has 2 aliphatic rings. The number of rotatable bonds is 5. The maximum absolute atomic E-state index is 12.5. The van der Waals surface area contributed by atoms with E-state index in [9.17, 15) is 14.4 Å². The number of imide groups is 1. The van der Waals surface area contributed by atoms with E-state index in [-0.39, 0.29) is 18.4 Å². The molecular formula is C19H26N4O3. The summed E-state index contributed by atoms with van der Waals surface area (Å²) >= 11 is 0. The molecule has 0 aromatic heterocycles. The van der Waals surface area contributed by atoms with Crippen molar-refractivity contribution >= 4 is 23.5 Å². The summed E-state index contributed by atoms with van der Waals surface area (Å²) in [7, 11) is 1.73. The normalized spacial score (nSPS) is 21.9. The molecule has 7 nitrogen and oxygen atoms in total. The number of para-hydroxylation sites is 1. The zero-order valence-corrected chi connectivity index (χ0v) is 15.6. The first-order chi connectivity index (χ1) is 12.3. The second kappa shape index (κ2) is 6.97. The first-order valence-corrected chi connectivity index (χ1v) is 8.96. The van der Waals surface area contributed by atoms with Gasteiger partial charge in [0.2, 0.25) is 5.91 Å². The number of hydrogen-bond donors (Lipinski definition) is 1. The summed E-state index contributed by atoms with van der Waals surface area (Å²) in [5, 5.41) is 2.59. The summed E-state index contributed by atoms with van der Waals surface area (Å²) < 4.78 is 0. The SMILES string of the molecule is CN(CC1CCN(c2ccccc2)C1)C(=O)CN1C(=O)NC(C)(C)C1=O. The van der Waals surface area contributed by atoms with Gasteiger partial charge in [-0.2, -0.15) is 0 Å². The average Bonchev–Trinajstić information content (AvgIpc) is 3.14. The monoisotopic (exact) mass is 358 g/mol. The highest BCUT2D eigenvalue weighted by atomic mass is 16.2. The topological polar surface area (TPSA) is 73.0 Å². The van der Waals surface area contributed by atoms with Gasteiger partial charge < -0.3 is 15.1 Å². The Bertz CT molecular complexity index is 704. The van der Waals surface area contributed by atoms with Crippen molar-refractivity contribution in [1.82, 2.24) is 15.1 Å². The van der Waals surface area contributed by atoms with E-state index < -0.39 is 11.6 Å². The number of carbonyl (C=O) groups is 3. The van der Waals surface area contributed by atoms with E-state index >= 15 is 0 Å². The summed E-state index contributed by atoms with van der Waals surface area (Å²) in [4.78, 5) is 41.6. The molecule has 0 aliphatic carbocycles. The zero-order valence-electron chi connectivity index (χ0n) is 15.6.